The summed E-state index contributed by atoms with van der Waals surface area (Å²) in [5.41, 5.74) is 5.97. The zero-order chi connectivity index (χ0) is 12.3. The number of hydrogen-bond donors (Lipinski definition) is 1. The van der Waals surface area contributed by atoms with Crippen molar-refractivity contribution in [1.29, 1.82) is 0 Å². The summed E-state index contributed by atoms with van der Waals surface area (Å²) in [7, 11) is 2.37. The average Bonchev–Trinajstić information content (AvgIpc) is 2.86. The summed E-state index contributed by atoms with van der Waals surface area (Å²) in [6, 6.07) is 1.61. The van der Waals surface area contributed by atoms with Crippen LogP contribution in [0.25, 0.3) is 0 Å². The quantitative estimate of drug-likeness (QED) is 0.816. The van der Waals surface area contributed by atoms with E-state index in [4.69, 9.17) is 5.73 Å². The van der Waals surface area contributed by atoms with Crippen molar-refractivity contribution >= 4 is 0 Å². The number of nitrogens with two attached hydrogens (primary N) is 1. The van der Waals surface area contributed by atoms with E-state index < -0.39 is 0 Å². The van der Waals surface area contributed by atoms with Gasteiger partial charge in [-0.05, 0) is 51.1 Å². The Hall–Kier alpha value is -0.0800. The lowest BCUT2D eigenvalue weighted by Gasteiger charge is -2.42. The average molecular weight is 238 g/mol. The molecule has 4 atom stereocenters. The highest BCUT2D eigenvalue weighted by Crippen LogP contribution is 2.36. The zero-order valence-electron chi connectivity index (χ0n) is 11.7. The first-order valence-corrected chi connectivity index (χ1v) is 7.70. The van der Waals surface area contributed by atoms with Crippen LogP contribution in [0.3, 0.4) is 0 Å². The highest BCUT2D eigenvalue weighted by molar-refractivity contribution is 4.90. The van der Waals surface area contributed by atoms with Crippen molar-refractivity contribution in [3.63, 3.8) is 0 Å². The van der Waals surface area contributed by atoms with Crippen LogP contribution in [-0.2, 0) is 0 Å². The molecule has 0 aromatic carbocycles. The molecule has 2 aliphatic rings. The summed E-state index contributed by atoms with van der Waals surface area (Å²) in [4.78, 5) is 2.72. The number of hydrogen-bond acceptors (Lipinski definition) is 2. The van der Waals surface area contributed by atoms with Crippen LogP contribution >= 0.6 is 0 Å². The Morgan fingerprint density at radius 1 is 0.941 bits per heavy atom. The van der Waals surface area contributed by atoms with E-state index in [0.29, 0.717) is 0 Å². The number of rotatable bonds is 4. The van der Waals surface area contributed by atoms with Crippen molar-refractivity contribution in [2.75, 3.05) is 13.6 Å². The molecule has 100 valence electrons. The predicted molar refractivity (Wildman–Crippen MR) is 74.0 cm³/mol. The molecule has 2 aliphatic carbocycles. The molecule has 2 fully saturated rings. The number of nitrogens with zero attached hydrogens (tertiary/aromatic N) is 1. The summed E-state index contributed by atoms with van der Waals surface area (Å²) >= 11 is 0. The van der Waals surface area contributed by atoms with Gasteiger partial charge in [0.1, 0.15) is 0 Å². The normalized spacial score (nSPS) is 38.8. The van der Waals surface area contributed by atoms with Crippen LogP contribution in [0.5, 0.6) is 0 Å². The van der Waals surface area contributed by atoms with E-state index in [2.05, 4.69) is 18.9 Å². The third-order valence-electron chi connectivity index (χ3n) is 5.36. The SMILES string of the molecule is CCC1CCCC1N(C)C1CCCCC1CN. The molecule has 0 aliphatic heterocycles. The van der Waals surface area contributed by atoms with Gasteiger partial charge in [-0.2, -0.15) is 0 Å². The highest BCUT2D eigenvalue weighted by atomic mass is 15.2. The fourth-order valence-corrected chi connectivity index (χ4v) is 4.27. The predicted octanol–water partition coefficient (Wildman–Crippen LogP) is 3.01. The fourth-order valence-electron chi connectivity index (χ4n) is 4.27. The smallest absolute Gasteiger partial charge is 0.0136 e. The van der Waals surface area contributed by atoms with E-state index in [0.717, 1.165) is 30.5 Å². The maximum absolute atomic E-state index is 5.97. The van der Waals surface area contributed by atoms with Gasteiger partial charge in [-0.15, -0.1) is 0 Å². The van der Waals surface area contributed by atoms with Gasteiger partial charge in [-0.1, -0.05) is 32.6 Å². The monoisotopic (exact) mass is 238 g/mol. The fraction of sp³-hybridized carbons (Fsp3) is 1.00. The molecule has 0 aromatic rings. The Bertz CT molecular complexity index is 229. The lowest BCUT2D eigenvalue weighted by atomic mass is 9.82. The topological polar surface area (TPSA) is 29.3 Å². The van der Waals surface area contributed by atoms with Crippen molar-refractivity contribution < 1.29 is 0 Å². The van der Waals surface area contributed by atoms with Gasteiger partial charge < -0.3 is 5.73 Å². The van der Waals surface area contributed by atoms with E-state index in [-0.39, 0.29) is 0 Å². The molecule has 0 bridgehead atoms. The van der Waals surface area contributed by atoms with Gasteiger partial charge in [0.25, 0.3) is 0 Å². The summed E-state index contributed by atoms with van der Waals surface area (Å²) in [6.07, 6.45) is 11.2. The van der Waals surface area contributed by atoms with Gasteiger partial charge in [-0.25, -0.2) is 0 Å². The van der Waals surface area contributed by atoms with E-state index in [1.165, 1.54) is 51.4 Å². The minimum atomic E-state index is 0.756. The Kier molecular flexibility index (Phi) is 4.87. The summed E-state index contributed by atoms with van der Waals surface area (Å²) in [6.45, 7) is 3.25. The second-order valence-electron chi connectivity index (χ2n) is 6.18. The van der Waals surface area contributed by atoms with E-state index in [9.17, 15) is 0 Å². The molecular formula is C15H30N2. The Morgan fingerprint density at radius 3 is 2.24 bits per heavy atom. The van der Waals surface area contributed by atoms with Gasteiger partial charge in [0, 0.05) is 12.1 Å². The maximum atomic E-state index is 5.97. The molecule has 0 saturated heterocycles. The molecule has 2 nitrogen and oxygen atoms in total. The third kappa shape index (κ3) is 2.85. The first kappa shape index (κ1) is 13.4. The van der Waals surface area contributed by atoms with E-state index in [1.807, 2.05) is 0 Å². The van der Waals surface area contributed by atoms with Crippen molar-refractivity contribution in [2.45, 2.75) is 70.4 Å². The minimum absolute atomic E-state index is 0.756. The van der Waals surface area contributed by atoms with Crippen LogP contribution in [0.2, 0.25) is 0 Å². The molecule has 2 heteroatoms. The lowest BCUT2D eigenvalue weighted by molar-refractivity contribution is 0.0732. The molecule has 2 rings (SSSR count). The van der Waals surface area contributed by atoms with Crippen LogP contribution in [0.4, 0.5) is 0 Å². The molecule has 0 radical (unpaired) electrons. The summed E-state index contributed by atoms with van der Waals surface area (Å²) in [5.74, 6) is 1.70. The zero-order valence-corrected chi connectivity index (χ0v) is 11.7. The standard InChI is InChI=1S/C15H30N2/c1-3-12-8-6-10-14(12)17(2)15-9-5-4-7-13(15)11-16/h12-15H,3-11,16H2,1-2H3. The molecule has 4 unspecified atom stereocenters. The second kappa shape index (κ2) is 6.19. The molecule has 2 N–H and O–H groups in total. The minimum Gasteiger partial charge on any atom is -0.330 e. The highest BCUT2D eigenvalue weighted by Gasteiger charge is 2.35. The van der Waals surface area contributed by atoms with Gasteiger partial charge in [0.15, 0.2) is 0 Å². The van der Waals surface area contributed by atoms with Crippen molar-refractivity contribution in [3.05, 3.63) is 0 Å². The molecule has 17 heavy (non-hydrogen) atoms. The van der Waals surface area contributed by atoms with Crippen LogP contribution in [-0.4, -0.2) is 30.6 Å². The summed E-state index contributed by atoms with van der Waals surface area (Å²) in [5, 5.41) is 0. The molecule has 2 saturated carbocycles. The molecule has 0 aromatic heterocycles. The first-order chi connectivity index (χ1) is 8.27. The molecule has 0 spiro atoms. The second-order valence-corrected chi connectivity index (χ2v) is 6.18. The van der Waals surface area contributed by atoms with Gasteiger partial charge in [0.05, 0.1) is 0 Å². The third-order valence-corrected chi connectivity index (χ3v) is 5.36. The van der Waals surface area contributed by atoms with Gasteiger partial charge in [-0.3, -0.25) is 4.90 Å². The van der Waals surface area contributed by atoms with Crippen LogP contribution in [0.15, 0.2) is 0 Å². The summed E-state index contributed by atoms with van der Waals surface area (Å²) < 4.78 is 0. The Labute approximate surface area is 107 Å². The van der Waals surface area contributed by atoms with Crippen molar-refractivity contribution in [1.82, 2.24) is 4.90 Å². The maximum Gasteiger partial charge on any atom is 0.0136 e. The van der Waals surface area contributed by atoms with Crippen LogP contribution in [0.1, 0.15) is 58.3 Å². The van der Waals surface area contributed by atoms with E-state index >= 15 is 0 Å². The van der Waals surface area contributed by atoms with E-state index in [1.54, 1.807) is 0 Å². The molecular weight excluding hydrogens is 208 g/mol. The van der Waals surface area contributed by atoms with Crippen molar-refractivity contribution in [2.24, 2.45) is 17.6 Å². The first-order valence-electron chi connectivity index (χ1n) is 7.70. The van der Waals surface area contributed by atoms with Crippen LogP contribution < -0.4 is 5.73 Å². The van der Waals surface area contributed by atoms with Crippen molar-refractivity contribution in [3.8, 4) is 0 Å². The Balaban J connectivity index is 1.99. The van der Waals surface area contributed by atoms with Crippen LogP contribution in [0, 0.1) is 11.8 Å². The van der Waals surface area contributed by atoms with Gasteiger partial charge in [0.2, 0.25) is 0 Å². The Morgan fingerprint density at radius 2 is 1.53 bits per heavy atom. The molecule has 0 amide bonds. The largest absolute Gasteiger partial charge is 0.330 e. The van der Waals surface area contributed by atoms with Gasteiger partial charge >= 0.3 is 0 Å². The molecule has 0 heterocycles. The lowest BCUT2D eigenvalue weighted by Crippen LogP contribution is -2.48.